The molecule has 1 aromatic carbocycles. The number of hydrogen-bond acceptors (Lipinski definition) is 4. The predicted molar refractivity (Wildman–Crippen MR) is 104 cm³/mol. The lowest BCUT2D eigenvalue weighted by molar-refractivity contribution is 0.0183. The lowest BCUT2D eigenvalue weighted by Gasteiger charge is -2.33. The van der Waals surface area contributed by atoms with Gasteiger partial charge in [0.15, 0.2) is 0 Å². The number of piperidine rings is 1. The van der Waals surface area contributed by atoms with Crippen molar-refractivity contribution in [3.8, 4) is 0 Å². The molecule has 0 bridgehead atoms. The molecule has 0 radical (unpaired) electrons. The maximum atomic E-state index is 14.3. The van der Waals surface area contributed by atoms with E-state index >= 15 is 0 Å². The van der Waals surface area contributed by atoms with Gasteiger partial charge in [-0.3, -0.25) is 0 Å². The number of likely N-dealkylation sites (tertiary alicyclic amines) is 1. The van der Waals surface area contributed by atoms with E-state index in [1.54, 1.807) is 24.0 Å². The first-order valence-corrected chi connectivity index (χ1v) is 9.66. The molecule has 164 valence electrons. The van der Waals surface area contributed by atoms with Crippen molar-refractivity contribution in [2.75, 3.05) is 26.6 Å². The topological polar surface area (TPSA) is 55.8 Å². The minimum Gasteiger partial charge on any atom is -0.462 e. The van der Waals surface area contributed by atoms with Crippen LogP contribution in [-0.2, 0) is 15.9 Å². The smallest absolute Gasteiger partial charge is 0.410 e. The Bertz CT molecular complexity index is 668. The second kappa shape index (κ2) is 11.7. The maximum absolute atomic E-state index is 14.3. The standard InChI is InChI=1S/C20H28FNO4.CH2F2/c1-5-25-18(23)16-7-6-15(17(21)13-16)12-14-8-10-22(11-9-14)19(24)26-20(2,3)4;2-1-3/h6-7,13-14H,5,8-12H2,1-4H3;1H2. The lowest BCUT2D eigenvalue weighted by atomic mass is 9.90. The first-order chi connectivity index (χ1) is 13.6. The highest BCUT2D eigenvalue weighted by molar-refractivity contribution is 5.89. The van der Waals surface area contributed by atoms with Crippen LogP contribution in [0.2, 0.25) is 0 Å². The molecule has 8 heteroatoms. The summed E-state index contributed by atoms with van der Waals surface area (Å²) >= 11 is 0. The van der Waals surface area contributed by atoms with Crippen LogP contribution in [0, 0.1) is 11.7 Å². The number of hydrogen-bond donors (Lipinski definition) is 0. The Balaban J connectivity index is 0.00000132. The van der Waals surface area contributed by atoms with Crippen molar-refractivity contribution >= 4 is 12.1 Å². The van der Waals surface area contributed by atoms with Crippen LogP contribution >= 0.6 is 0 Å². The molecule has 1 saturated heterocycles. The third-order valence-corrected chi connectivity index (χ3v) is 4.34. The van der Waals surface area contributed by atoms with Gasteiger partial charge in [-0.05, 0) is 70.6 Å². The summed E-state index contributed by atoms with van der Waals surface area (Å²) in [6.07, 6.45) is 1.91. The van der Waals surface area contributed by atoms with Gasteiger partial charge < -0.3 is 14.4 Å². The van der Waals surface area contributed by atoms with Crippen LogP contribution < -0.4 is 0 Å². The van der Waals surface area contributed by atoms with Gasteiger partial charge in [-0.2, -0.15) is 0 Å². The highest BCUT2D eigenvalue weighted by Crippen LogP contribution is 2.25. The molecule has 1 aliphatic heterocycles. The Morgan fingerprint density at radius 1 is 1.17 bits per heavy atom. The third kappa shape index (κ3) is 8.75. The van der Waals surface area contributed by atoms with Gasteiger partial charge in [0.2, 0.25) is 6.93 Å². The Hall–Kier alpha value is -2.25. The van der Waals surface area contributed by atoms with Gasteiger partial charge in [0.25, 0.3) is 0 Å². The Morgan fingerprint density at radius 2 is 1.76 bits per heavy atom. The van der Waals surface area contributed by atoms with Gasteiger partial charge >= 0.3 is 12.1 Å². The number of alkyl halides is 2. The van der Waals surface area contributed by atoms with Crippen molar-refractivity contribution < 1.29 is 32.2 Å². The van der Waals surface area contributed by atoms with Gasteiger partial charge in [-0.1, -0.05) is 6.07 Å². The molecule has 0 unspecified atom stereocenters. The molecule has 1 fully saturated rings. The summed E-state index contributed by atoms with van der Waals surface area (Å²) in [7, 11) is 0. The highest BCUT2D eigenvalue weighted by atomic mass is 19.3. The highest BCUT2D eigenvalue weighted by Gasteiger charge is 2.27. The second-order valence-electron chi connectivity index (χ2n) is 7.74. The molecule has 5 nitrogen and oxygen atoms in total. The number of ether oxygens (including phenoxy) is 2. The molecule has 29 heavy (non-hydrogen) atoms. The van der Waals surface area contributed by atoms with Crippen molar-refractivity contribution in [1.82, 2.24) is 4.90 Å². The largest absolute Gasteiger partial charge is 0.462 e. The van der Waals surface area contributed by atoms with Gasteiger partial charge in [0.05, 0.1) is 12.2 Å². The van der Waals surface area contributed by atoms with E-state index in [0.29, 0.717) is 31.0 Å². The zero-order valence-corrected chi connectivity index (χ0v) is 17.5. The summed E-state index contributed by atoms with van der Waals surface area (Å²) in [4.78, 5) is 25.5. The first kappa shape index (κ1) is 24.8. The minimum absolute atomic E-state index is 0.229. The van der Waals surface area contributed by atoms with Crippen LogP contribution in [0.15, 0.2) is 18.2 Å². The molecular weight excluding hydrogens is 387 g/mol. The van der Waals surface area contributed by atoms with Crippen LogP contribution in [0.25, 0.3) is 0 Å². The number of halogens is 3. The zero-order chi connectivity index (χ0) is 22.0. The van der Waals surface area contributed by atoms with Crippen LogP contribution in [0.5, 0.6) is 0 Å². The molecular formula is C21H30F3NO4. The van der Waals surface area contributed by atoms with Crippen molar-refractivity contribution in [2.24, 2.45) is 5.92 Å². The lowest BCUT2D eigenvalue weighted by Crippen LogP contribution is -2.42. The number of rotatable bonds is 4. The number of nitrogens with zero attached hydrogens (tertiary/aromatic N) is 1. The zero-order valence-electron chi connectivity index (χ0n) is 17.5. The van der Waals surface area contributed by atoms with Crippen molar-refractivity contribution in [3.05, 3.63) is 35.1 Å². The number of carbonyl (C=O) groups is 2. The summed E-state index contributed by atoms with van der Waals surface area (Å²) in [5.41, 5.74) is 0.319. The molecule has 1 amide bonds. The van der Waals surface area contributed by atoms with E-state index in [1.165, 1.54) is 6.07 Å². The summed E-state index contributed by atoms with van der Waals surface area (Å²) in [5.74, 6) is -0.592. The molecule has 1 aromatic rings. The van der Waals surface area contributed by atoms with E-state index in [1.807, 2.05) is 20.8 Å². The molecule has 0 N–H and O–H groups in total. The fourth-order valence-corrected chi connectivity index (χ4v) is 3.01. The summed E-state index contributed by atoms with van der Waals surface area (Å²) in [6, 6.07) is 4.50. The molecule has 0 aliphatic carbocycles. The average Bonchev–Trinajstić information content (AvgIpc) is 2.63. The monoisotopic (exact) mass is 417 g/mol. The van der Waals surface area contributed by atoms with Crippen LogP contribution in [0.3, 0.4) is 0 Å². The fourth-order valence-electron chi connectivity index (χ4n) is 3.01. The van der Waals surface area contributed by atoms with Gasteiger partial charge in [0, 0.05) is 13.1 Å². The van der Waals surface area contributed by atoms with Gasteiger partial charge in [-0.15, -0.1) is 0 Å². The van der Waals surface area contributed by atoms with E-state index < -0.39 is 18.5 Å². The molecule has 0 atom stereocenters. The third-order valence-electron chi connectivity index (χ3n) is 4.34. The average molecular weight is 417 g/mol. The number of benzene rings is 1. The van der Waals surface area contributed by atoms with E-state index in [4.69, 9.17) is 9.47 Å². The summed E-state index contributed by atoms with van der Waals surface area (Å²) in [6.45, 7) is 7.00. The number of amides is 1. The second-order valence-corrected chi connectivity index (χ2v) is 7.74. The molecule has 0 saturated carbocycles. The van der Waals surface area contributed by atoms with E-state index in [2.05, 4.69) is 0 Å². The van der Waals surface area contributed by atoms with E-state index in [-0.39, 0.29) is 24.1 Å². The quantitative estimate of drug-likeness (QED) is 0.642. The predicted octanol–water partition coefficient (Wildman–Crippen LogP) is 5.07. The molecule has 0 aromatic heterocycles. The van der Waals surface area contributed by atoms with Crippen LogP contribution in [0.4, 0.5) is 18.0 Å². The van der Waals surface area contributed by atoms with Gasteiger partial charge in [0.1, 0.15) is 11.4 Å². The Labute approximate surface area is 170 Å². The van der Waals surface area contributed by atoms with Crippen molar-refractivity contribution in [3.63, 3.8) is 0 Å². The normalized spacial score (nSPS) is 14.7. The maximum Gasteiger partial charge on any atom is 0.410 e. The number of esters is 1. The summed E-state index contributed by atoms with van der Waals surface area (Å²) in [5, 5.41) is 0. The first-order valence-electron chi connectivity index (χ1n) is 9.66. The fraction of sp³-hybridized carbons (Fsp3) is 0.619. The SMILES string of the molecule is CCOC(=O)c1ccc(CC2CCN(C(=O)OC(C)(C)C)CC2)c(F)c1.FCF. The molecule has 1 heterocycles. The van der Waals surface area contributed by atoms with Crippen LogP contribution in [0.1, 0.15) is 56.5 Å². The van der Waals surface area contributed by atoms with Crippen molar-refractivity contribution in [2.45, 2.75) is 52.6 Å². The Kier molecular flexibility index (Phi) is 9.98. The van der Waals surface area contributed by atoms with Gasteiger partial charge in [-0.25, -0.2) is 22.8 Å². The molecule has 2 rings (SSSR count). The molecule has 0 spiro atoms. The summed E-state index contributed by atoms with van der Waals surface area (Å²) < 4.78 is 43.8. The number of carbonyl (C=O) groups excluding carboxylic acids is 2. The Morgan fingerprint density at radius 3 is 2.24 bits per heavy atom. The van der Waals surface area contributed by atoms with Crippen LogP contribution in [-0.4, -0.2) is 49.2 Å². The molecule has 1 aliphatic rings. The van der Waals surface area contributed by atoms with E-state index in [0.717, 1.165) is 12.8 Å². The van der Waals surface area contributed by atoms with Crippen molar-refractivity contribution in [1.29, 1.82) is 0 Å². The van der Waals surface area contributed by atoms with E-state index in [9.17, 15) is 22.8 Å². The minimum atomic E-state index is -1.75.